The molecule has 0 radical (unpaired) electrons. The van der Waals surface area contributed by atoms with Crippen molar-refractivity contribution >= 4 is 24.2 Å². The van der Waals surface area contributed by atoms with Crippen LogP contribution in [0.25, 0.3) is 0 Å². The van der Waals surface area contributed by atoms with Gasteiger partial charge in [0.2, 0.25) is 11.8 Å². The Bertz CT molecular complexity index is 865. The Morgan fingerprint density at radius 2 is 1.00 bits per heavy atom. The maximum atomic E-state index is 11.9. The molecule has 0 aliphatic heterocycles. The van der Waals surface area contributed by atoms with Gasteiger partial charge < -0.3 is 0 Å². The number of nitrogens with one attached hydrogen (secondary N) is 2. The number of carbonyl (C=O) groups is 2. The van der Waals surface area contributed by atoms with Gasteiger partial charge in [0.25, 0.3) is 0 Å². The van der Waals surface area contributed by atoms with E-state index in [-0.39, 0.29) is 6.42 Å². The first-order chi connectivity index (χ1) is 13.7. The highest BCUT2D eigenvalue weighted by Gasteiger charge is 2.08. The van der Waals surface area contributed by atoms with E-state index in [0.29, 0.717) is 0 Å². The van der Waals surface area contributed by atoms with Crippen LogP contribution in [0.1, 0.15) is 50.9 Å². The second-order valence-electron chi connectivity index (χ2n) is 7.39. The van der Waals surface area contributed by atoms with Gasteiger partial charge in [-0.05, 0) is 63.8 Å². The fourth-order valence-electron chi connectivity index (χ4n) is 3.35. The summed E-state index contributed by atoms with van der Waals surface area (Å²) >= 11 is 0. The van der Waals surface area contributed by atoms with Gasteiger partial charge in [-0.1, -0.05) is 35.4 Å². The fraction of sp³-hybridized carbons (Fsp3) is 0.304. The van der Waals surface area contributed by atoms with Crippen LogP contribution in [0.2, 0.25) is 0 Å². The van der Waals surface area contributed by atoms with E-state index >= 15 is 0 Å². The molecule has 6 nitrogen and oxygen atoms in total. The zero-order valence-electron chi connectivity index (χ0n) is 17.9. The van der Waals surface area contributed by atoms with Crippen molar-refractivity contribution in [2.75, 3.05) is 0 Å². The van der Waals surface area contributed by atoms with Crippen molar-refractivity contribution < 1.29 is 9.59 Å². The van der Waals surface area contributed by atoms with E-state index in [1.807, 2.05) is 41.5 Å². The van der Waals surface area contributed by atoms with E-state index in [9.17, 15) is 9.59 Å². The number of hydrazone groups is 2. The molecule has 152 valence electrons. The molecule has 2 N–H and O–H groups in total. The largest absolute Gasteiger partial charge is 0.273 e. The smallest absolute Gasteiger partial charge is 0.249 e. The zero-order valence-corrected chi connectivity index (χ0v) is 17.9. The molecular formula is C23H28N4O2. The summed E-state index contributed by atoms with van der Waals surface area (Å²) in [5.41, 5.74) is 13.3. The first kappa shape index (κ1) is 22.0. The Hall–Kier alpha value is -3.28. The third-order valence-corrected chi connectivity index (χ3v) is 4.56. The number of nitrogens with zero attached hydrogens (tertiary/aromatic N) is 2. The third-order valence-electron chi connectivity index (χ3n) is 4.56. The average Bonchev–Trinajstić information content (AvgIpc) is 2.59. The predicted molar refractivity (Wildman–Crippen MR) is 117 cm³/mol. The van der Waals surface area contributed by atoms with Gasteiger partial charge in [0.1, 0.15) is 6.42 Å². The lowest BCUT2D eigenvalue weighted by molar-refractivity contribution is -0.129. The summed E-state index contributed by atoms with van der Waals surface area (Å²) < 4.78 is 0. The summed E-state index contributed by atoms with van der Waals surface area (Å²) in [5, 5.41) is 7.92. The van der Waals surface area contributed by atoms with Crippen molar-refractivity contribution in [1.29, 1.82) is 0 Å². The van der Waals surface area contributed by atoms with Gasteiger partial charge in [-0.25, -0.2) is 10.9 Å². The van der Waals surface area contributed by atoms with E-state index in [4.69, 9.17) is 0 Å². The molecular weight excluding hydrogens is 364 g/mol. The molecule has 0 aromatic heterocycles. The molecule has 2 amide bonds. The van der Waals surface area contributed by atoms with Crippen LogP contribution in [0, 0.1) is 41.5 Å². The van der Waals surface area contributed by atoms with Gasteiger partial charge in [-0.15, -0.1) is 0 Å². The molecule has 2 aromatic carbocycles. The molecule has 0 bridgehead atoms. The monoisotopic (exact) mass is 392 g/mol. The Morgan fingerprint density at radius 3 is 1.31 bits per heavy atom. The van der Waals surface area contributed by atoms with Gasteiger partial charge in [0.05, 0.1) is 12.4 Å². The fourth-order valence-corrected chi connectivity index (χ4v) is 3.35. The van der Waals surface area contributed by atoms with Crippen LogP contribution in [0.5, 0.6) is 0 Å². The van der Waals surface area contributed by atoms with Gasteiger partial charge in [-0.2, -0.15) is 10.2 Å². The van der Waals surface area contributed by atoms with Crippen LogP contribution in [-0.4, -0.2) is 24.2 Å². The number of hydrogen-bond acceptors (Lipinski definition) is 4. The number of aryl methyl sites for hydroxylation is 6. The molecule has 0 heterocycles. The van der Waals surface area contributed by atoms with Crippen molar-refractivity contribution in [3.63, 3.8) is 0 Å². The maximum absolute atomic E-state index is 11.9. The van der Waals surface area contributed by atoms with E-state index in [1.54, 1.807) is 12.4 Å². The number of hydrogen-bond donors (Lipinski definition) is 2. The van der Waals surface area contributed by atoms with Crippen LogP contribution >= 0.6 is 0 Å². The summed E-state index contributed by atoms with van der Waals surface area (Å²) in [5.74, 6) is -1.00. The highest BCUT2D eigenvalue weighted by Crippen LogP contribution is 2.15. The number of rotatable bonds is 6. The lowest BCUT2D eigenvalue weighted by Crippen LogP contribution is -2.27. The predicted octanol–water partition coefficient (Wildman–Crippen LogP) is 3.53. The van der Waals surface area contributed by atoms with Crippen LogP contribution in [-0.2, 0) is 9.59 Å². The normalized spacial score (nSPS) is 11.2. The lowest BCUT2D eigenvalue weighted by Gasteiger charge is -2.07. The lowest BCUT2D eigenvalue weighted by atomic mass is 10.0. The van der Waals surface area contributed by atoms with Crippen molar-refractivity contribution in [1.82, 2.24) is 10.9 Å². The second kappa shape index (κ2) is 9.78. The molecule has 0 aliphatic rings. The molecule has 0 saturated heterocycles. The molecule has 2 aromatic rings. The Morgan fingerprint density at radius 1 is 0.690 bits per heavy atom. The number of carbonyl (C=O) groups excluding carboxylic acids is 2. The molecule has 0 saturated carbocycles. The summed E-state index contributed by atoms with van der Waals surface area (Å²) in [4.78, 5) is 23.8. The molecule has 2 rings (SSSR count). The summed E-state index contributed by atoms with van der Waals surface area (Å²) in [6, 6.07) is 8.22. The number of benzene rings is 2. The van der Waals surface area contributed by atoms with Crippen LogP contribution in [0.3, 0.4) is 0 Å². The first-order valence-corrected chi connectivity index (χ1v) is 9.47. The Balaban J connectivity index is 1.88. The summed E-state index contributed by atoms with van der Waals surface area (Å²) in [7, 11) is 0. The average molecular weight is 393 g/mol. The minimum atomic E-state index is -0.501. The van der Waals surface area contributed by atoms with Crippen LogP contribution in [0.15, 0.2) is 34.5 Å². The van der Waals surface area contributed by atoms with Gasteiger partial charge in [-0.3, -0.25) is 9.59 Å². The molecule has 0 atom stereocenters. The van der Waals surface area contributed by atoms with Gasteiger partial charge >= 0.3 is 0 Å². The topological polar surface area (TPSA) is 82.9 Å². The third kappa shape index (κ3) is 6.38. The van der Waals surface area contributed by atoms with Gasteiger partial charge in [0.15, 0.2) is 0 Å². The van der Waals surface area contributed by atoms with E-state index < -0.39 is 11.8 Å². The molecule has 6 heteroatoms. The van der Waals surface area contributed by atoms with Crippen LogP contribution < -0.4 is 10.9 Å². The van der Waals surface area contributed by atoms with E-state index in [2.05, 4.69) is 45.3 Å². The number of amides is 2. The quantitative estimate of drug-likeness (QED) is 0.448. The van der Waals surface area contributed by atoms with Gasteiger partial charge in [0, 0.05) is 11.1 Å². The van der Waals surface area contributed by atoms with E-state index in [0.717, 1.165) is 33.4 Å². The van der Waals surface area contributed by atoms with Crippen molar-refractivity contribution in [2.24, 2.45) is 10.2 Å². The Labute approximate surface area is 172 Å². The molecule has 0 aliphatic carbocycles. The summed E-state index contributed by atoms with van der Waals surface area (Å²) in [6.45, 7) is 12.0. The Kier molecular flexibility index (Phi) is 7.42. The van der Waals surface area contributed by atoms with E-state index in [1.165, 1.54) is 11.1 Å². The van der Waals surface area contributed by atoms with Crippen molar-refractivity contribution in [2.45, 2.75) is 48.0 Å². The molecule has 29 heavy (non-hydrogen) atoms. The van der Waals surface area contributed by atoms with Crippen molar-refractivity contribution in [3.05, 3.63) is 68.8 Å². The molecule has 0 fully saturated rings. The molecule has 0 unspecified atom stereocenters. The maximum Gasteiger partial charge on any atom is 0.249 e. The minimum absolute atomic E-state index is 0.355. The highest BCUT2D eigenvalue weighted by atomic mass is 16.2. The highest BCUT2D eigenvalue weighted by molar-refractivity contribution is 5.97. The SMILES string of the molecule is Cc1cc(C)c(/C=N\NC(=O)CC(=O)N/N=C\c2c(C)cc(C)cc2C)c(C)c1. The van der Waals surface area contributed by atoms with Crippen LogP contribution in [0.4, 0.5) is 0 Å². The second-order valence-corrected chi connectivity index (χ2v) is 7.39. The minimum Gasteiger partial charge on any atom is -0.273 e. The van der Waals surface area contributed by atoms with Crippen molar-refractivity contribution in [3.8, 4) is 0 Å². The zero-order chi connectivity index (χ0) is 21.6. The summed E-state index contributed by atoms with van der Waals surface area (Å²) in [6.07, 6.45) is 2.84. The first-order valence-electron chi connectivity index (χ1n) is 9.47. The molecule has 0 spiro atoms. The standard InChI is InChI=1S/C23H28N4O2/c1-14-7-16(3)20(17(4)8-14)12-24-26-22(28)11-23(29)27-25-13-21-18(5)9-15(2)10-19(21)6/h7-10,12-13H,11H2,1-6H3,(H,26,28)(H,27,29)/b24-12-,25-13-.